The number of rotatable bonds is 8. The Bertz CT molecular complexity index is 1320. The van der Waals surface area contributed by atoms with E-state index in [-0.39, 0.29) is 29.1 Å². The summed E-state index contributed by atoms with van der Waals surface area (Å²) in [6.45, 7) is 9.18. The molecule has 1 unspecified atom stereocenters. The number of carbonyl (C=O) groups excluding carboxylic acids is 2. The van der Waals surface area contributed by atoms with E-state index in [4.69, 9.17) is 4.74 Å². The number of hydrogen-bond donors (Lipinski definition) is 1. The van der Waals surface area contributed by atoms with Crippen LogP contribution in [0.3, 0.4) is 0 Å². The third kappa shape index (κ3) is 5.80. The first-order chi connectivity index (χ1) is 18.1. The number of amides is 1. The van der Waals surface area contributed by atoms with Crippen LogP contribution in [0, 0.1) is 5.82 Å². The highest BCUT2D eigenvalue weighted by atomic mass is 19.1. The van der Waals surface area contributed by atoms with Gasteiger partial charge in [0.15, 0.2) is 0 Å². The summed E-state index contributed by atoms with van der Waals surface area (Å²) in [6, 6.07) is 20.0. The molecule has 1 atom stereocenters. The average Bonchev–Trinajstić information content (AvgIpc) is 3.16. The molecular formula is C32H34FNO4. The molecule has 6 heteroatoms. The number of ketones is 1. The Morgan fingerprint density at radius 1 is 0.947 bits per heavy atom. The molecule has 0 bridgehead atoms. The van der Waals surface area contributed by atoms with E-state index in [1.54, 1.807) is 36.4 Å². The van der Waals surface area contributed by atoms with Crippen molar-refractivity contribution >= 4 is 17.4 Å². The highest BCUT2D eigenvalue weighted by Crippen LogP contribution is 2.40. The van der Waals surface area contributed by atoms with Gasteiger partial charge in [0.05, 0.1) is 18.2 Å². The summed E-state index contributed by atoms with van der Waals surface area (Å²) in [4.78, 5) is 28.1. The van der Waals surface area contributed by atoms with Crippen LogP contribution in [0.4, 0.5) is 4.39 Å². The molecule has 38 heavy (non-hydrogen) atoms. The molecule has 0 radical (unpaired) electrons. The summed E-state index contributed by atoms with van der Waals surface area (Å²) in [7, 11) is 0. The molecule has 4 rings (SSSR count). The summed E-state index contributed by atoms with van der Waals surface area (Å²) in [5, 5.41) is 11.3. The standard InChI is InChI=1S/C32H34FNO4/c1-5-20-38-26-16-10-23(11-17-26)29(35)27-28(22-8-12-24(13-9-22)32(2,3)4)34(31(37)30(27)36)19-18-21-6-14-25(33)15-7-21/h6-17,28,35H,5,18-20H2,1-4H3/b29-27-. The first kappa shape index (κ1) is 27.1. The van der Waals surface area contributed by atoms with E-state index in [0.717, 1.165) is 23.1 Å². The van der Waals surface area contributed by atoms with Crippen molar-refractivity contribution in [3.8, 4) is 5.75 Å². The normalized spacial score (nSPS) is 17.2. The number of halogens is 1. The summed E-state index contributed by atoms with van der Waals surface area (Å²) >= 11 is 0. The van der Waals surface area contributed by atoms with Crippen molar-refractivity contribution in [3.05, 3.63) is 106 Å². The molecule has 1 aliphatic heterocycles. The topological polar surface area (TPSA) is 66.8 Å². The first-order valence-corrected chi connectivity index (χ1v) is 13.0. The Hall–Kier alpha value is -3.93. The molecule has 0 spiro atoms. The molecule has 198 valence electrons. The van der Waals surface area contributed by atoms with Crippen LogP contribution in [-0.4, -0.2) is 34.8 Å². The van der Waals surface area contributed by atoms with E-state index in [1.807, 2.05) is 31.2 Å². The van der Waals surface area contributed by atoms with Crippen molar-refractivity contribution in [2.75, 3.05) is 13.2 Å². The average molecular weight is 516 g/mol. The quantitative estimate of drug-likeness (QED) is 0.209. The summed E-state index contributed by atoms with van der Waals surface area (Å²) < 4.78 is 19.0. The van der Waals surface area contributed by atoms with Gasteiger partial charge in [-0.05, 0) is 71.3 Å². The lowest BCUT2D eigenvalue weighted by atomic mass is 9.85. The number of carbonyl (C=O) groups is 2. The fraction of sp³-hybridized carbons (Fsp3) is 0.312. The van der Waals surface area contributed by atoms with E-state index >= 15 is 0 Å². The fourth-order valence-corrected chi connectivity index (χ4v) is 4.61. The molecule has 1 heterocycles. The number of aliphatic hydroxyl groups excluding tert-OH is 1. The molecule has 5 nitrogen and oxygen atoms in total. The minimum absolute atomic E-state index is 0.0554. The van der Waals surface area contributed by atoms with Crippen LogP contribution in [0.1, 0.15) is 62.4 Å². The lowest BCUT2D eigenvalue weighted by Crippen LogP contribution is -2.31. The van der Waals surface area contributed by atoms with Gasteiger partial charge < -0.3 is 14.7 Å². The van der Waals surface area contributed by atoms with Gasteiger partial charge in [0.2, 0.25) is 0 Å². The monoisotopic (exact) mass is 515 g/mol. The molecule has 1 amide bonds. The summed E-state index contributed by atoms with van der Waals surface area (Å²) in [5.41, 5.74) is 3.12. The smallest absolute Gasteiger partial charge is 0.295 e. The number of aliphatic hydroxyl groups is 1. The van der Waals surface area contributed by atoms with Crippen molar-refractivity contribution in [1.29, 1.82) is 0 Å². The van der Waals surface area contributed by atoms with Gasteiger partial charge in [0.1, 0.15) is 17.3 Å². The summed E-state index contributed by atoms with van der Waals surface area (Å²) in [5.74, 6) is -1.28. The largest absolute Gasteiger partial charge is 0.507 e. The van der Waals surface area contributed by atoms with Gasteiger partial charge in [0.25, 0.3) is 11.7 Å². The van der Waals surface area contributed by atoms with E-state index in [0.29, 0.717) is 24.3 Å². The zero-order chi connectivity index (χ0) is 27.4. The number of likely N-dealkylation sites (tertiary alicyclic amines) is 1. The number of hydrogen-bond acceptors (Lipinski definition) is 4. The predicted molar refractivity (Wildman–Crippen MR) is 146 cm³/mol. The second kappa shape index (κ2) is 11.2. The molecule has 3 aromatic rings. The third-order valence-electron chi connectivity index (χ3n) is 6.79. The SMILES string of the molecule is CCCOc1ccc(/C(O)=C2/C(=O)C(=O)N(CCc3ccc(F)cc3)C2c2ccc(C(C)(C)C)cc2)cc1. The number of benzene rings is 3. The molecule has 1 N–H and O–H groups in total. The lowest BCUT2D eigenvalue weighted by Gasteiger charge is -2.26. The van der Waals surface area contributed by atoms with Crippen LogP contribution in [0.5, 0.6) is 5.75 Å². The van der Waals surface area contributed by atoms with Crippen LogP contribution in [0.15, 0.2) is 78.4 Å². The minimum atomic E-state index is -0.750. The van der Waals surface area contributed by atoms with Crippen molar-refractivity contribution in [3.63, 3.8) is 0 Å². The van der Waals surface area contributed by atoms with Gasteiger partial charge in [-0.1, -0.05) is 64.1 Å². The molecular weight excluding hydrogens is 481 g/mol. The fourth-order valence-electron chi connectivity index (χ4n) is 4.61. The Kier molecular flexibility index (Phi) is 8.00. The van der Waals surface area contributed by atoms with Crippen LogP contribution >= 0.6 is 0 Å². The van der Waals surface area contributed by atoms with Crippen LogP contribution in [0.25, 0.3) is 5.76 Å². The Morgan fingerprint density at radius 3 is 2.16 bits per heavy atom. The highest BCUT2D eigenvalue weighted by Gasteiger charge is 2.45. The summed E-state index contributed by atoms with van der Waals surface area (Å²) in [6.07, 6.45) is 1.31. The van der Waals surface area contributed by atoms with Gasteiger partial charge in [-0.15, -0.1) is 0 Å². The third-order valence-corrected chi connectivity index (χ3v) is 6.79. The molecule has 0 aliphatic carbocycles. The van der Waals surface area contributed by atoms with Crippen LogP contribution in [-0.2, 0) is 21.4 Å². The maximum atomic E-state index is 13.4. The van der Waals surface area contributed by atoms with Crippen molar-refractivity contribution in [1.82, 2.24) is 4.90 Å². The van der Waals surface area contributed by atoms with Crippen molar-refractivity contribution < 1.29 is 23.8 Å². The molecule has 3 aromatic carbocycles. The maximum absolute atomic E-state index is 13.4. The van der Waals surface area contributed by atoms with Crippen LogP contribution in [0.2, 0.25) is 0 Å². The number of Topliss-reactive ketones (excluding diaryl/α,β-unsaturated/α-hetero) is 1. The second-order valence-corrected chi connectivity index (χ2v) is 10.6. The van der Waals surface area contributed by atoms with Crippen molar-refractivity contribution in [2.24, 2.45) is 0 Å². The molecule has 0 saturated carbocycles. The Balaban J connectivity index is 1.74. The maximum Gasteiger partial charge on any atom is 0.295 e. The van der Waals surface area contributed by atoms with Crippen molar-refractivity contribution in [2.45, 2.75) is 52.0 Å². The van der Waals surface area contributed by atoms with E-state index < -0.39 is 17.7 Å². The van der Waals surface area contributed by atoms with Gasteiger partial charge in [-0.25, -0.2) is 4.39 Å². The zero-order valence-electron chi connectivity index (χ0n) is 22.3. The van der Waals surface area contributed by atoms with Gasteiger partial charge in [-0.2, -0.15) is 0 Å². The minimum Gasteiger partial charge on any atom is -0.507 e. The number of ether oxygens (including phenoxy) is 1. The lowest BCUT2D eigenvalue weighted by molar-refractivity contribution is -0.139. The molecule has 1 saturated heterocycles. The van der Waals surface area contributed by atoms with Crippen LogP contribution < -0.4 is 4.74 Å². The molecule has 1 aliphatic rings. The Labute approximate surface area is 223 Å². The van der Waals surface area contributed by atoms with Gasteiger partial charge in [0, 0.05) is 12.1 Å². The number of nitrogens with zero attached hydrogens (tertiary/aromatic N) is 1. The van der Waals surface area contributed by atoms with Gasteiger partial charge >= 0.3 is 0 Å². The molecule has 1 fully saturated rings. The van der Waals surface area contributed by atoms with E-state index in [2.05, 4.69) is 20.8 Å². The zero-order valence-corrected chi connectivity index (χ0v) is 22.3. The van der Waals surface area contributed by atoms with E-state index in [9.17, 15) is 19.1 Å². The Morgan fingerprint density at radius 2 is 1.58 bits per heavy atom. The first-order valence-electron chi connectivity index (χ1n) is 13.0. The second-order valence-electron chi connectivity index (χ2n) is 10.6. The van der Waals surface area contributed by atoms with E-state index in [1.165, 1.54) is 17.0 Å². The molecule has 0 aromatic heterocycles. The van der Waals surface area contributed by atoms with Gasteiger partial charge in [-0.3, -0.25) is 9.59 Å². The predicted octanol–water partition coefficient (Wildman–Crippen LogP) is 6.58. The highest BCUT2D eigenvalue weighted by molar-refractivity contribution is 6.46.